The molecule has 0 aliphatic heterocycles. The number of rotatable bonds is 7. The molecular formula is C20H18FNO3S. The Morgan fingerprint density at radius 1 is 1.04 bits per heavy atom. The maximum absolute atomic E-state index is 12.9. The van der Waals surface area contributed by atoms with E-state index in [1.54, 1.807) is 19.2 Å². The SMILES string of the molecule is COc1ccc(OCc2csc(C(=O)NCc3ccc(F)cc3)c2)cc1. The molecule has 0 saturated carbocycles. The van der Waals surface area contributed by atoms with Gasteiger partial charge in [-0.15, -0.1) is 11.3 Å². The van der Waals surface area contributed by atoms with E-state index in [4.69, 9.17) is 9.47 Å². The summed E-state index contributed by atoms with van der Waals surface area (Å²) in [6.07, 6.45) is 0. The number of hydrogen-bond donors (Lipinski definition) is 1. The molecule has 0 unspecified atom stereocenters. The first kappa shape index (κ1) is 17.9. The Balaban J connectivity index is 1.51. The molecule has 0 aliphatic rings. The number of carbonyl (C=O) groups excluding carboxylic acids is 1. The molecule has 134 valence electrons. The molecule has 4 nitrogen and oxygen atoms in total. The lowest BCUT2D eigenvalue weighted by atomic mass is 10.2. The average Bonchev–Trinajstić information content (AvgIpc) is 3.15. The van der Waals surface area contributed by atoms with Crippen LogP contribution in [0.15, 0.2) is 60.0 Å². The first-order chi connectivity index (χ1) is 12.6. The molecule has 0 atom stereocenters. The molecule has 1 heterocycles. The fraction of sp³-hybridized carbons (Fsp3) is 0.150. The summed E-state index contributed by atoms with van der Waals surface area (Å²) in [5.41, 5.74) is 1.78. The molecule has 0 radical (unpaired) electrons. The third-order valence-corrected chi connectivity index (χ3v) is 4.69. The predicted octanol–water partition coefficient (Wildman–Crippen LogP) is 4.40. The Labute approximate surface area is 155 Å². The standard InChI is InChI=1S/C20H18FNO3S/c1-24-17-6-8-18(9-7-17)25-12-15-10-19(26-13-15)20(23)22-11-14-2-4-16(21)5-3-14/h2-10,13H,11-12H2,1H3,(H,22,23). The maximum Gasteiger partial charge on any atom is 0.261 e. The van der Waals surface area contributed by atoms with E-state index in [1.165, 1.54) is 23.5 Å². The van der Waals surface area contributed by atoms with E-state index in [2.05, 4.69) is 5.32 Å². The molecule has 1 aromatic heterocycles. The highest BCUT2D eigenvalue weighted by Crippen LogP contribution is 2.20. The summed E-state index contributed by atoms with van der Waals surface area (Å²) in [6.45, 7) is 0.739. The number of benzene rings is 2. The Hall–Kier alpha value is -2.86. The van der Waals surface area contributed by atoms with E-state index in [0.29, 0.717) is 18.0 Å². The van der Waals surface area contributed by atoms with Gasteiger partial charge >= 0.3 is 0 Å². The number of halogens is 1. The van der Waals surface area contributed by atoms with Gasteiger partial charge < -0.3 is 14.8 Å². The van der Waals surface area contributed by atoms with Crippen LogP contribution in [0.3, 0.4) is 0 Å². The van der Waals surface area contributed by atoms with E-state index < -0.39 is 0 Å². The van der Waals surface area contributed by atoms with Gasteiger partial charge in [0, 0.05) is 12.1 Å². The number of nitrogens with one attached hydrogen (secondary N) is 1. The summed E-state index contributed by atoms with van der Waals surface area (Å²) >= 11 is 1.36. The summed E-state index contributed by atoms with van der Waals surface area (Å²) in [4.78, 5) is 12.8. The van der Waals surface area contributed by atoms with Crippen molar-refractivity contribution in [2.24, 2.45) is 0 Å². The van der Waals surface area contributed by atoms with Crippen LogP contribution >= 0.6 is 11.3 Å². The van der Waals surface area contributed by atoms with Crippen molar-refractivity contribution in [1.29, 1.82) is 0 Å². The van der Waals surface area contributed by atoms with Crippen molar-refractivity contribution in [3.05, 3.63) is 81.8 Å². The molecule has 0 spiro atoms. The van der Waals surface area contributed by atoms with Crippen molar-refractivity contribution in [2.45, 2.75) is 13.2 Å². The average molecular weight is 371 g/mol. The van der Waals surface area contributed by atoms with Gasteiger partial charge in [-0.25, -0.2) is 4.39 Å². The summed E-state index contributed by atoms with van der Waals surface area (Å²) in [6, 6.07) is 15.2. The van der Waals surface area contributed by atoms with Crippen molar-refractivity contribution >= 4 is 17.2 Å². The van der Waals surface area contributed by atoms with Crippen molar-refractivity contribution in [1.82, 2.24) is 5.32 Å². The van der Waals surface area contributed by atoms with E-state index in [-0.39, 0.29) is 11.7 Å². The molecule has 6 heteroatoms. The zero-order valence-corrected chi connectivity index (χ0v) is 15.0. The maximum atomic E-state index is 12.9. The minimum Gasteiger partial charge on any atom is -0.497 e. The van der Waals surface area contributed by atoms with Gasteiger partial charge in [0.05, 0.1) is 12.0 Å². The van der Waals surface area contributed by atoms with Crippen LogP contribution in [-0.2, 0) is 13.2 Å². The molecule has 0 fully saturated rings. The van der Waals surface area contributed by atoms with Crippen LogP contribution in [0.2, 0.25) is 0 Å². The molecule has 0 bridgehead atoms. The van der Waals surface area contributed by atoms with Gasteiger partial charge in [-0.1, -0.05) is 12.1 Å². The number of hydrogen-bond acceptors (Lipinski definition) is 4. The van der Waals surface area contributed by atoms with Gasteiger partial charge in [-0.2, -0.15) is 0 Å². The Morgan fingerprint density at radius 2 is 1.73 bits per heavy atom. The van der Waals surface area contributed by atoms with E-state index in [0.717, 1.165) is 22.6 Å². The highest BCUT2D eigenvalue weighted by molar-refractivity contribution is 7.12. The van der Waals surface area contributed by atoms with Gasteiger partial charge in [0.15, 0.2) is 0 Å². The lowest BCUT2D eigenvalue weighted by Crippen LogP contribution is -2.21. The quantitative estimate of drug-likeness (QED) is 0.669. The highest BCUT2D eigenvalue weighted by atomic mass is 32.1. The fourth-order valence-corrected chi connectivity index (χ4v) is 3.09. The molecule has 3 rings (SSSR count). The lowest BCUT2D eigenvalue weighted by molar-refractivity contribution is 0.0955. The summed E-state index contributed by atoms with van der Waals surface area (Å²) in [5, 5.41) is 4.73. The Morgan fingerprint density at radius 3 is 2.42 bits per heavy atom. The van der Waals surface area contributed by atoms with Gasteiger partial charge in [-0.05, 0) is 53.4 Å². The second-order valence-corrected chi connectivity index (χ2v) is 6.50. The zero-order chi connectivity index (χ0) is 18.4. The largest absolute Gasteiger partial charge is 0.497 e. The third kappa shape index (κ3) is 4.83. The summed E-state index contributed by atoms with van der Waals surface area (Å²) in [7, 11) is 1.61. The van der Waals surface area contributed by atoms with Crippen LogP contribution in [0, 0.1) is 5.82 Å². The monoisotopic (exact) mass is 371 g/mol. The van der Waals surface area contributed by atoms with Crippen molar-refractivity contribution in [2.75, 3.05) is 7.11 Å². The lowest BCUT2D eigenvalue weighted by Gasteiger charge is -2.06. The predicted molar refractivity (Wildman–Crippen MR) is 99.2 cm³/mol. The molecule has 2 aromatic carbocycles. The molecule has 1 N–H and O–H groups in total. The summed E-state index contributed by atoms with van der Waals surface area (Å²) in [5.74, 6) is 1.06. The van der Waals surface area contributed by atoms with Crippen molar-refractivity contribution in [3.63, 3.8) is 0 Å². The van der Waals surface area contributed by atoms with Crippen molar-refractivity contribution in [3.8, 4) is 11.5 Å². The third-order valence-electron chi connectivity index (χ3n) is 3.71. The van der Waals surface area contributed by atoms with Gasteiger partial charge in [0.2, 0.25) is 0 Å². The number of methoxy groups -OCH3 is 1. The molecule has 0 aliphatic carbocycles. The summed E-state index contributed by atoms with van der Waals surface area (Å²) < 4.78 is 23.7. The topological polar surface area (TPSA) is 47.6 Å². The van der Waals surface area contributed by atoms with E-state index >= 15 is 0 Å². The molecule has 26 heavy (non-hydrogen) atoms. The molecule has 0 saturated heterocycles. The van der Waals surface area contributed by atoms with E-state index in [9.17, 15) is 9.18 Å². The minimum atomic E-state index is -0.292. The zero-order valence-electron chi connectivity index (χ0n) is 14.2. The number of amides is 1. The van der Waals surface area contributed by atoms with Crippen LogP contribution in [0.1, 0.15) is 20.8 Å². The number of ether oxygens (including phenoxy) is 2. The molecule has 1 amide bonds. The number of carbonyl (C=O) groups is 1. The first-order valence-electron chi connectivity index (χ1n) is 8.01. The van der Waals surface area contributed by atoms with E-state index in [1.807, 2.05) is 35.7 Å². The highest BCUT2D eigenvalue weighted by Gasteiger charge is 2.09. The van der Waals surface area contributed by atoms with Crippen LogP contribution in [0.25, 0.3) is 0 Å². The van der Waals surface area contributed by atoms with Gasteiger partial charge in [0.25, 0.3) is 5.91 Å². The second-order valence-electron chi connectivity index (χ2n) is 5.59. The van der Waals surface area contributed by atoms with Crippen LogP contribution in [0.5, 0.6) is 11.5 Å². The van der Waals surface area contributed by atoms with Crippen LogP contribution in [-0.4, -0.2) is 13.0 Å². The van der Waals surface area contributed by atoms with Crippen LogP contribution < -0.4 is 14.8 Å². The smallest absolute Gasteiger partial charge is 0.261 e. The minimum absolute atomic E-state index is 0.157. The Bertz CT molecular complexity index is 860. The molecular weight excluding hydrogens is 353 g/mol. The Kier molecular flexibility index (Phi) is 5.86. The molecule has 3 aromatic rings. The first-order valence-corrected chi connectivity index (χ1v) is 8.89. The van der Waals surface area contributed by atoms with Gasteiger partial charge in [-0.3, -0.25) is 4.79 Å². The normalized spacial score (nSPS) is 10.4. The van der Waals surface area contributed by atoms with Crippen LogP contribution in [0.4, 0.5) is 4.39 Å². The van der Waals surface area contributed by atoms with Gasteiger partial charge in [0.1, 0.15) is 23.9 Å². The second kappa shape index (κ2) is 8.49. The fourth-order valence-electron chi connectivity index (χ4n) is 2.28. The number of thiophene rings is 1. The van der Waals surface area contributed by atoms with Crippen molar-refractivity contribution < 1.29 is 18.7 Å².